The van der Waals surface area contributed by atoms with Crippen LogP contribution in [0.2, 0.25) is 0 Å². The van der Waals surface area contributed by atoms with E-state index < -0.39 is 0 Å². The van der Waals surface area contributed by atoms with Gasteiger partial charge in [-0.25, -0.2) is 0 Å². The Morgan fingerprint density at radius 2 is 2.25 bits per heavy atom. The van der Waals surface area contributed by atoms with E-state index in [2.05, 4.69) is 85.8 Å². The van der Waals surface area contributed by atoms with Crippen molar-refractivity contribution >= 4 is 49.9 Å². The van der Waals surface area contributed by atoms with Crippen molar-refractivity contribution in [3.8, 4) is 0 Å². The molecule has 0 saturated carbocycles. The third-order valence-corrected chi connectivity index (χ3v) is 6.13. The summed E-state index contributed by atoms with van der Waals surface area (Å²) in [5.74, 6) is 0. The number of hydrogen-bond acceptors (Lipinski definition) is 3. The highest BCUT2D eigenvalue weighted by Gasteiger charge is 2.19. The Bertz CT molecular complexity index is 579. The summed E-state index contributed by atoms with van der Waals surface area (Å²) in [5, 5.41) is 10.4. The monoisotopic (exact) mass is 467 g/mol. The van der Waals surface area contributed by atoms with E-state index in [4.69, 9.17) is 0 Å². The molecule has 0 fully saturated rings. The molecule has 0 aliphatic rings. The van der Waals surface area contributed by atoms with E-state index in [1.807, 2.05) is 0 Å². The maximum absolute atomic E-state index is 4.58. The van der Waals surface area contributed by atoms with Gasteiger partial charge < -0.3 is 5.32 Å². The molecule has 2 heterocycles. The summed E-state index contributed by atoms with van der Waals surface area (Å²) in [6.45, 7) is 8.21. The van der Waals surface area contributed by atoms with Crippen LogP contribution in [0.5, 0.6) is 0 Å². The van der Waals surface area contributed by atoms with Crippen molar-refractivity contribution in [3.63, 3.8) is 0 Å². The Balaban J connectivity index is 2.28. The van der Waals surface area contributed by atoms with Gasteiger partial charge in [0.2, 0.25) is 0 Å². The molecule has 0 bridgehead atoms. The largest absolute Gasteiger partial charge is 0.310 e. The lowest BCUT2D eigenvalue weighted by atomic mass is 10.0. The van der Waals surface area contributed by atoms with Crippen LogP contribution in [0.1, 0.15) is 36.8 Å². The molecule has 1 atom stereocenters. The fourth-order valence-corrected chi connectivity index (χ4v) is 4.19. The van der Waals surface area contributed by atoms with E-state index in [1.54, 1.807) is 11.3 Å². The maximum atomic E-state index is 4.58. The average molecular weight is 468 g/mol. The summed E-state index contributed by atoms with van der Waals surface area (Å²) >= 11 is 7.87. The number of halogens is 2. The first-order chi connectivity index (χ1) is 9.56. The minimum atomic E-state index is 0.345. The highest BCUT2D eigenvalue weighted by Crippen LogP contribution is 2.29. The highest BCUT2D eigenvalue weighted by molar-refractivity contribution is 14.1. The highest BCUT2D eigenvalue weighted by atomic mass is 127. The van der Waals surface area contributed by atoms with Gasteiger partial charge in [-0.2, -0.15) is 5.10 Å². The fraction of sp³-hybridized carbons (Fsp3) is 0.500. The lowest BCUT2D eigenvalue weighted by Crippen LogP contribution is -2.23. The third kappa shape index (κ3) is 3.64. The Morgan fingerprint density at radius 1 is 1.50 bits per heavy atom. The first-order valence-corrected chi connectivity index (χ1v) is 9.51. The lowest BCUT2D eigenvalue weighted by molar-refractivity contribution is 0.516. The van der Waals surface area contributed by atoms with Gasteiger partial charge in [-0.3, -0.25) is 4.68 Å². The number of aromatic nitrogens is 2. The van der Waals surface area contributed by atoms with E-state index in [0.717, 1.165) is 29.7 Å². The minimum Gasteiger partial charge on any atom is -0.310 e. The smallest absolute Gasteiger partial charge is 0.0738 e. The Kier molecular flexibility index (Phi) is 6.07. The van der Waals surface area contributed by atoms with Crippen molar-refractivity contribution < 1.29 is 0 Å². The molecule has 2 aromatic rings. The summed E-state index contributed by atoms with van der Waals surface area (Å²) in [6, 6.07) is 2.61. The predicted molar refractivity (Wildman–Crippen MR) is 97.5 cm³/mol. The van der Waals surface area contributed by atoms with Gasteiger partial charge in [0.1, 0.15) is 0 Å². The summed E-state index contributed by atoms with van der Waals surface area (Å²) in [4.78, 5) is 0. The second-order valence-corrected chi connectivity index (χ2v) is 8.26. The lowest BCUT2D eigenvalue weighted by Gasteiger charge is -2.18. The van der Waals surface area contributed by atoms with Gasteiger partial charge in [0.05, 0.1) is 18.7 Å². The number of aryl methyl sites for hydroxylation is 2. The van der Waals surface area contributed by atoms with E-state index in [1.165, 1.54) is 14.1 Å². The van der Waals surface area contributed by atoms with Crippen LogP contribution in [0.25, 0.3) is 0 Å². The molecule has 6 heteroatoms. The number of thiophene rings is 1. The molecule has 1 unspecified atom stereocenters. The number of rotatable bonds is 6. The molecule has 2 rings (SSSR count). The normalized spacial score (nSPS) is 12.8. The quantitative estimate of drug-likeness (QED) is 0.632. The molecular formula is C14H19BrIN3S. The molecule has 20 heavy (non-hydrogen) atoms. The average Bonchev–Trinajstić information content (AvgIpc) is 2.96. The van der Waals surface area contributed by atoms with Gasteiger partial charge in [-0.15, -0.1) is 11.3 Å². The van der Waals surface area contributed by atoms with Crippen LogP contribution in [0.15, 0.2) is 15.9 Å². The third-order valence-electron chi connectivity index (χ3n) is 3.29. The van der Waals surface area contributed by atoms with Gasteiger partial charge in [-0.05, 0) is 75.9 Å². The zero-order valence-corrected chi connectivity index (χ0v) is 16.5. The number of likely N-dealkylation sites (N-methyl/N-ethyl adjacent to an activating group) is 1. The van der Waals surface area contributed by atoms with Crippen LogP contribution in [-0.2, 0) is 13.0 Å². The molecule has 0 radical (unpaired) electrons. The van der Waals surface area contributed by atoms with Crippen LogP contribution in [0.3, 0.4) is 0 Å². The number of hydrogen-bond donors (Lipinski definition) is 1. The van der Waals surface area contributed by atoms with Crippen LogP contribution in [-0.4, -0.2) is 16.3 Å². The molecule has 0 saturated heterocycles. The van der Waals surface area contributed by atoms with E-state index in [0.29, 0.717) is 6.04 Å². The van der Waals surface area contributed by atoms with Crippen LogP contribution in [0.4, 0.5) is 0 Å². The van der Waals surface area contributed by atoms with E-state index in [-0.39, 0.29) is 0 Å². The van der Waals surface area contributed by atoms with Crippen LogP contribution >= 0.6 is 49.9 Å². The topological polar surface area (TPSA) is 29.9 Å². The molecule has 3 nitrogen and oxygen atoms in total. The summed E-state index contributed by atoms with van der Waals surface area (Å²) in [5.41, 5.74) is 3.71. The molecule has 2 aromatic heterocycles. The van der Waals surface area contributed by atoms with Crippen molar-refractivity contribution in [2.45, 2.75) is 39.8 Å². The summed E-state index contributed by atoms with van der Waals surface area (Å²) in [6.07, 6.45) is 0.954. The van der Waals surface area contributed by atoms with Crippen molar-refractivity contribution in [1.82, 2.24) is 15.1 Å². The Morgan fingerprint density at radius 3 is 2.80 bits per heavy atom. The summed E-state index contributed by atoms with van der Waals surface area (Å²) in [7, 11) is 0. The number of nitrogens with one attached hydrogen (secondary N) is 1. The maximum Gasteiger partial charge on any atom is 0.0738 e. The molecule has 0 aromatic carbocycles. The molecule has 0 spiro atoms. The molecular weight excluding hydrogens is 449 g/mol. The zero-order chi connectivity index (χ0) is 14.7. The zero-order valence-electron chi connectivity index (χ0n) is 11.9. The second-order valence-electron chi connectivity index (χ2n) is 4.66. The van der Waals surface area contributed by atoms with Gasteiger partial charge in [0, 0.05) is 19.0 Å². The Hall–Kier alpha value is 0.0800. The van der Waals surface area contributed by atoms with Crippen molar-refractivity contribution in [2.75, 3.05) is 6.54 Å². The van der Waals surface area contributed by atoms with Gasteiger partial charge in [0.15, 0.2) is 0 Å². The van der Waals surface area contributed by atoms with Crippen molar-refractivity contribution in [2.24, 2.45) is 0 Å². The molecule has 110 valence electrons. The van der Waals surface area contributed by atoms with E-state index >= 15 is 0 Å². The summed E-state index contributed by atoms with van der Waals surface area (Å²) < 4.78 is 4.58. The van der Waals surface area contributed by atoms with Crippen molar-refractivity contribution in [3.05, 3.63) is 35.8 Å². The Labute approximate surface area is 146 Å². The standard InChI is InChI=1S/C14H19BrIN3S/c1-4-17-11(10-6-13(16)20-8-10)7-12-14(15)9(3)18-19(12)5-2/h6,8,11,17H,4-5,7H2,1-3H3. The van der Waals surface area contributed by atoms with Crippen molar-refractivity contribution in [1.29, 1.82) is 0 Å². The fourth-order valence-electron chi connectivity index (χ4n) is 2.32. The van der Waals surface area contributed by atoms with Gasteiger partial charge >= 0.3 is 0 Å². The van der Waals surface area contributed by atoms with Gasteiger partial charge in [-0.1, -0.05) is 6.92 Å². The number of nitrogens with zero attached hydrogens (tertiary/aromatic N) is 2. The molecule has 0 amide bonds. The first-order valence-electron chi connectivity index (χ1n) is 6.75. The van der Waals surface area contributed by atoms with Crippen LogP contribution < -0.4 is 5.32 Å². The molecule has 1 N–H and O–H groups in total. The SMILES string of the molecule is CCNC(Cc1c(Br)c(C)nn1CC)c1csc(I)c1. The minimum absolute atomic E-state index is 0.345. The predicted octanol–water partition coefficient (Wildman–Crippen LogP) is 4.53. The second kappa shape index (κ2) is 7.38. The molecule has 0 aliphatic carbocycles. The van der Waals surface area contributed by atoms with Gasteiger partial charge in [0.25, 0.3) is 0 Å². The van der Waals surface area contributed by atoms with E-state index in [9.17, 15) is 0 Å². The molecule has 0 aliphatic heterocycles. The first kappa shape index (κ1) is 16.5. The van der Waals surface area contributed by atoms with Crippen LogP contribution in [0, 0.1) is 9.81 Å².